The van der Waals surface area contributed by atoms with E-state index in [-0.39, 0.29) is 17.9 Å². The highest BCUT2D eigenvalue weighted by molar-refractivity contribution is 7.16. The van der Waals surface area contributed by atoms with Crippen LogP contribution >= 0.6 is 11.3 Å². The molecule has 1 amide bonds. The first kappa shape index (κ1) is 13.1. The molecule has 2 fully saturated rings. The van der Waals surface area contributed by atoms with Crippen molar-refractivity contribution in [3.8, 4) is 0 Å². The van der Waals surface area contributed by atoms with Crippen molar-refractivity contribution in [2.45, 2.75) is 19.8 Å². The molecule has 0 aromatic carbocycles. The van der Waals surface area contributed by atoms with E-state index in [1.807, 2.05) is 4.90 Å². The summed E-state index contributed by atoms with van der Waals surface area (Å²) in [5.41, 5.74) is 0.115. The van der Waals surface area contributed by atoms with E-state index in [1.54, 1.807) is 11.3 Å². The van der Waals surface area contributed by atoms with Crippen molar-refractivity contribution >= 4 is 22.2 Å². The number of likely N-dealkylation sites (tertiary alicyclic amines) is 1. The molecule has 4 nitrogen and oxygen atoms in total. The maximum Gasteiger partial charge on any atom is 0.228 e. The number of anilines is 1. The van der Waals surface area contributed by atoms with Crippen LogP contribution in [0, 0.1) is 12.3 Å². The Hall–Kier alpha value is -0.910. The Morgan fingerprint density at radius 2 is 2.26 bits per heavy atom. The summed E-state index contributed by atoms with van der Waals surface area (Å²) < 4.78 is 0. The monoisotopic (exact) mass is 280 g/mol. The van der Waals surface area contributed by atoms with Crippen molar-refractivity contribution in [3.63, 3.8) is 0 Å². The second kappa shape index (κ2) is 4.89. The van der Waals surface area contributed by atoms with Crippen LogP contribution in [0.15, 0.2) is 12.1 Å². The number of hydrogen-bond donors (Lipinski definition) is 1. The van der Waals surface area contributed by atoms with Gasteiger partial charge in [0, 0.05) is 36.3 Å². The fourth-order valence-corrected chi connectivity index (χ4v) is 4.18. The molecule has 2 aliphatic rings. The summed E-state index contributed by atoms with van der Waals surface area (Å²) in [4.78, 5) is 17.8. The predicted molar refractivity (Wildman–Crippen MR) is 76.6 cm³/mol. The van der Waals surface area contributed by atoms with Gasteiger partial charge in [-0.3, -0.25) is 4.79 Å². The quantitative estimate of drug-likeness (QED) is 0.912. The molecule has 1 unspecified atom stereocenters. The van der Waals surface area contributed by atoms with Crippen LogP contribution in [-0.2, 0) is 4.79 Å². The minimum atomic E-state index is 0.115. The summed E-state index contributed by atoms with van der Waals surface area (Å²) >= 11 is 1.69. The number of β-amino-alcohol motifs (C(OH)–C–C–N with tert-alkyl or cyclic N) is 1. The van der Waals surface area contributed by atoms with E-state index in [4.69, 9.17) is 5.11 Å². The van der Waals surface area contributed by atoms with E-state index in [0.29, 0.717) is 6.42 Å². The molecule has 104 valence electrons. The van der Waals surface area contributed by atoms with Crippen LogP contribution in [0.1, 0.15) is 17.7 Å². The molecule has 1 aromatic heterocycles. The van der Waals surface area contributed by atoms with Crippen LogP contribution < -0.4 is 4.90 Å². The van der Waals surface area contributed by atoms with Crippen LogP contribution in [-0.4, -0.2) is 48.7 Å². The van der Waals surface area contributed by atoms with Gasteiger partial charge in [-0.15, -0.1) is 11.3 Å². The Kier molecular flexibility index (Phi) is 3.37. The SMILES string of the molecule is Cc1ccc(N2CC3(CCN(CCO)C3)CC2=O)s1. The van der Waals surface area contributed by atoms with Gasteiger partial charge in [0.1, 0.15) is 0 Å². The maximum atomic E-state index is 12.3. The predicted octanol–water partition coefficient (Wildman–Crippen LogP) is 1.48. The average molecular weight is 280 g/mol. The molecule has 5 heteroatoms. The molecule has 1 spiro atoms. The fraction of sp³-hybridized carbons (Fsp3) is 0.643. The number of aliphatic hydroxyl groups excluding tert-OH is 1. The molecule has 2 saturated heterocycles. The summed E-state index contributed by atoms with van der Waals surface area (Å²) in [6.45, 7) is 5.80. The summed E-state index contributed by atoms with van der Waals surface area (Å²) in [6.07, 6.45) is 1.73. The van der Waals surface area contributed by atoms with Crippen LogP contribution in [0.5, 0.6) is 0 Å². The van der Waals surface area contributed by atoms with Gasteiger partial charge in [0.25, 0.3) is 0 Å². The van der Waals surface area contributed by atoms with Crippen molar-refractivity contribution in [2.24, 2.45) is 5.41 Å². The summed E-state index contributed by atoms with van der Waals surface area (Å²) in [6, 6.07) is 4.13. The number of amides is 1. The second-order valence-corrected chi connectivity index (χ2v) is 7.06. The third kappa shape index (κ3) is 2.42. The fourth-order valence-electron chi connectivity index (χ4n) is 3.30. The lowest BCUT2D eigenvalue weighted by Crippen LogP contribution is -2.32. The zero-order valence-electron chi connectivity index (χ0n) is 11.3. The first-order valence-corrected chi connectivity index (χ1v) is 7.64. The maximum absolute atomic E-state index is 12.3. The number of aryl methyl sites for hydroxylation is 1. The number of aliphatic hydroxyl groups is 1. The number of nitrogens with zero attached hydrogens (tertiary/aromatic N) is 2. The smallest absolute Gasteiger partial charge is 0.228 e. The van der Waals surface area contributed by atoms with Gasteiger partial charge >= 0.3 is 0 Å². The highest BCUT2D eigenvalue weighted by Gasteiger charge is 2.47. The van der Waals surface area contributed by atoms with E-state index < -0.39 is 0 Å². The van der Waals surface area contributed by atoms with Gasteiger partial charge in [-0.2, -0.15) is 0 Å². The molecule has 19 heavy (non-hydrogen) atoms. The molecule has 1 aromatic rings. The number of rotatable bonds is 3. The molecule has 0 aliphatic carbocycles. The number of carbonyl (C=O) groups is 1. The molecule has 1 atom stereocenters. The highest BCUT2D eigenvalue weighted by Crippen LogP contribution is 2.43. The van der Waals surface area contributed by atoms with Crippen molar-refractivity contribution in [3.05, 3.63) is 17.0 Å². The van der Waals surface area contributed by atoms with Crippen molar-refractivity contribution < 1.29 is 9.90 Å². The normalized spacial score (nSPS) is 27.9. The third-order valence-electron chi connectivity index (χ3n) is 4.25. The number of hydrogen-bond acceptors (Lipinski definition) is 4. The van der Waals surface area contributed by atoms with E-state index in [0.717, 1.165) is 37.6 Å². The minimum Gasteiger partial charge on any atom is -0.395 e. The number of thiophene rings is 1. The molecule has 3 heterocycles. The van der Waals surface area contributed by atoms with Gasteiger partial charge < -0.3 is 14.9 Å². The Morgan fingerprint density at radius 1 is 1.42 bits per heavy atom. The number of carbonyl (C=O) groups excluding carboxylic acids is 1. The van der Waals surface area contributed by atoms with Gasteiger partial charge in [-0.1, -0.05) is 0 Å². The van der Waals surface area contributed by atoms with Gasteiger partial charge in [-0.25, -0.2) is 0 Å². The van der Waals surface area contributed by atoms with Crippen molar-refractivity contribution in [1.82, 2.24) is 4.90 Å². The van der Waals surface area contributed by atoms with Crippen molar-refractivity contribution in [1.29, 1.82) is 0 Å². The first-order valence-electron chi connectivity index (χ1n) is 6.82. The molecule has 1 N–H and O–H groups in total. The molecule has 0 radical (unpaired) electrons. The molecular formula is C14H20N2O2S. The standard InChI is InChI=1S/C14H20N2O2S/c1-11-2-3-13(19-11)16-10-14(8-12(16)18)4-5-15(9-14)6-7-17/h2-3,17H,4-10H2,1H3. The zero-order valence-corrected chi connectivity index (χ0v) is 12.1. The lowest BCUT2D eigenvalue weighted by Gasteiger charge is -2.23. The van der Waals surface area contributed by atoms with Crippen LogP contribution in [0.2, 0.25) is 0 Å². The Morgan fingerprint density at radius 3 is 2.95 bits per heavy atom. The summed E-state index contributed by atoms with van der Waals surface area (Å²) in [5.74, 6) is 0.257. The van der Waals surface area contributed by atoms with E-state index in [2.05, 4.69) is 24.0 Å². The Bertz CT molecular complexity index is 488. The second-order valence-electron chi connectivity index (χ2n) is 5.79. The van der Waals surface area contributed by atoms with E-state index in [9.17, 15) is 4.79 Å². The molecular weight excluding hydrogens is 260 g/mol. The van der Waals surface area contributed by atoms with Crippen LogP contribution in [0.4, 0.5) is 5.00 Å². The van der Waals surface area contributed by atoms with E-state index >= 15 is 0 Å². The van der Waals surface area contributed by atoms with Gasteiger partial charge in [-0.05, 0) is 32.0 Å². The molecule has 3 rings (SSSR count). The topological polar surface area (TPSA) is 43.8 Å². The van der Waals surface area contributed by atoms with Gasteiger partial charge in [0.2, 0.25) is 5.91 Å². The van der Waals surface area contributed by atoms with Crippen LogP contribution in [0.25, 0.3) is 0 Å². The van der Waals surface area contributed by atoms with Crippen LogP contribution in [0.3, 0.4) is 0 Å². The molecule has 0 saturated carbocycles. The van der Waals surface area contributed by atoms with E-state index in [1.165, 1.54) is 4.88 Å². The highest BCUT2D eigenvalue weighted by atomic mass is 32.1. The third-order valence-corrected chi connectivity index (χ3v) is 5.27. The Balaban J connectivity index is 1.73. The molecule has 2 aliphatic heterocycles. The summed E-state index contributed by atoms with van der Waals surface area (Å²) in [5, 5.41) is 10.1. The largest absolute Gasteiger partial charge is 0.395 e. The average Bonchev–Trinajstić information content (AvgIpc) is 3.02. The van der Waals surface area contributed by atoms with Gasteiger partial charge in [0.05, 0.1) is 11.6 Å². The molecule has 0 bridgehead atoms. The summed E-state index contributed by atoms with van der Waals surface area (Å²) in [7, 11) is 0. The van der Waals surface area contributed by atoms with Gasteiger partial charge in [0.15, 0.2) is 0 Å². The van der Waals surface area contributed by atoms with Crippen molar-refractivity contribution in [2.75, 3.05) is 37.7 Å². The Labute approximate surface area is 117 Å². The first-order chi connectivity index (χ1) is 9.12. The minimum absolute atomic E-state index is 0.115. The zero-order chi connectivity index (χ0) is 13.5. The lowest BCUT2D eigenvalue weighted by atomic mass is 9.86. The lowest BCUT2D eigenvalue weighted by molar-refractivity contribution is -0.117.